The maximum Gasteiger partial charge on any atom is 0.416 e. The summed E-state index contributed by atoms with van der Waals surface area (Å²) in [5.74, 6) is 0.896. The first kappa shape index (κ1) is 21.2. The third-order valence-corrected chi connectivity index (χ3v) is 4.92. The predicted octanol–water partition coefficient (Wildman–Crippen LogP) is 2.52. The largest absolute Gasteiger partial charge is 0.416 e. The number of likely N-dealkylation sites (tertiary alicyclic amines) is 1. The average molecular weight is 409 g/mol. The molecule has 2 N–H and O–H groups in total. The highest BCUT2D eigenvalue weighted by Gasteiger charge is 2.37. The third kappa shape index (κ3) is 4.81. The molecule has 1 aromatic rings. The van der Waals surface area contributed by atoms with Crippen molar-refractivity contribution >= 4 is 29.7 Å². The van der Waals surface area contributed by atoms with Gasteiger partial charge in [0.2, 0.25) is 5.91 Å². The third-order valence-electron chi connectivity index (χ3n) is 4.92. The Bertz CT molecular complexity index is 705. The smallest absolute Gasteiger partial charge is 0.379 e. The first-order chi connectivity index (χ1) is 12.3. The molecule has 27 heavy (non-hydrogen) atoms. The van der Waals surface area contributed by atoms with Gasteiger partial charge in [0.25, 0.3) is 5.69 Å². The second kappa shape index (κ2) is 8.30. The quantitative estimate of drug-likeness (QED) is 0.577. The molecule has 0 aliphatic carbocycles. The molecule has 2 fully saturated rings. The Labute approximate surface area is 159 Å². The topological polar surface area (TPSA) is 87.5 Å². The van der Waals surface area contributed by atoms with Gasteiger partial charge in [-0.1, -0.05) is 0 Å². The van der Waals surface area contributed by atoms with Gasteiger partial charge in [-0.2, -0.15) is 13.2 Å². The van der Waals surface area contributed by atoms with Crippen molar-refractivity contribution in [3.63, 3.8) is 0 Å². The monoisotopic (exact) mass is 408 g/mol. The molecule has 2 saturated heterocycles. The van der Waals surface area contributed by atoms with Gasteiger partial charge >= 0.3 is 6.18 Å². The number of nitrogens with one attached hydrogen (secondary N) is 2. The first-order valence-electron chi connectivity index (χ1n) is 8.33. The number of nitro benzene ring substituents is 1. The van der Waals surface area contributed by atoms with Crippen LogP contribution in [0.1, 0.15) is 12.0 Å². The summed E-state index contributed by atoms with van der Waals surface area (Å²) in [6.45, 7) is 3.35. The Morgan fingerprint density at radius 2 is 1.93 bits per heavy atom. The molecule has 0 spiro atoms. The number of hydrogen-bond acceptors (Lipinski definition) is 5. The maximum atomic E-state index is 12.7. The fourth-order valence-electron chi connectivity index (χ4n) is 3.53. The number of amides is 1. The lowest BCUT2D eigenvalue weighted by molar-refractivity contribution is -0.384. The number of nitro groups is 1. The molecule has 3 rings (SSSR count). The van der Waals surface area contributed by atoms with E-state index in [0.29, 0.717) is 31.0 Å². The highest BCUT2D eigenvalue weighted by atomic mass is 35.5. The number of nitrogens with zero attached hydrogens (tertiary/aromatic N) is 2. The summed E-state index contributed by atoms with van der Waals surface area (Å²) in [5, 5.41) is 17.0. The van der Waals surface area contributed by atoms with Crippen LogP contribution in [0.5, 0.6) is 0 Å². The van der Waals surface area contributed by atoms with Crippen LogP contribution in [-0.4, -0.2) is 48.5 Å². The molecule has 0 saturated carbocycles. The Kier molecular flexibility index (Phi) is 6.53. The van der Waals surface area contributed by atoms with Crippen LogP contribution in [0, 0.1) is 22.0 Å². The van der Waals surface area contributed by atoms with E-state index in [2.05, 4.69) is 10.6 Å². The van der Waals surface area contributed by atoms with E-state index in [0.717, 1.165) is 25.2 Å². The number of benzene rings is 1. The van der Waals surface area contributed by atoms with E-state index < -0.39 is 22.4 Å². The molecule has 0 unspecified atom stereocenters. The average Bonchev–Trinajstić information content (AvgIpc) is 3.15. The zero-order chi connectivity index (χ0) is 18.9. The number of fused-ring (bicyclic) bond motifs is 1. The van der Waals surface area contributed by atoms with Gasteiger partial charge in [0.1, 0.15) is 5.69 Å². The fraction of sp³-hybridized carbons (Fsp3) is 0.562. The van der Waals surface area contributed by atoms with E-state index in [1.54, 1.807) is 4.90 Å². The molecule has 0 bridgehead atoms. The lowest BCUT2D eigenvalue weighted by atomic mass is 10.0. The molecule has 7 nitrogen and oxygen atoms in total. The number of carbonyl (C=O) groups is 1. The van der Waals surface area contributed by atoms with Crippen molar-refractivity contribution in [3.8, 4) is 0 Å². The van der Waals surface area contributed by atoms with Crippen LogP contribution in [0.25, 0.3) is 0 Å². The SMILES string of the molecule is Cl.O=C(CCNc1ccc(C(F)(F)F)cc1[N+](=O)[O-])N1C[C@H]2CNC[C@H]2C1. The summed E-state index contributed by atoms with van der Waals surface area (Å²) in [4.78, 5) is 24.2. The van der Waals surface area contributed by atoms with Crippen molar-refractivity contribution in [1.29, 1.82) is 0 Å². The van der Waals surface area contributed by atoms with Crippen LogP contribution in [-0.2, 0) is 11.0 Å². The maximum absolute atomic E-state index is 12.7. The van der Waals surface area contributed by atoms with Gasteiger partial charge in [0.05, 0.1) is 10.5 Å². The molecule has 2 atom stereocenters. The molecule has 1 aromatic carbocycles. The molecular formula is C16H20ClF3N4O3. The number of halogens is 4. The molecule has 2 heterocycles. The molecule has 0 aromatic heterocycles. The van der Waals surface area contributed by atoms with Gasteiger partial charge in [0.15, 0.2) is 0 Å². The number of rotatable bonds is 5. The summed E-state index contributed by atoms with van der Waals surface area (Å²) >= 11 is 0. The minimum atomic E-state index is -4.65. The van der Waals surface area contributed by atoms with Crippen molar-refractivity contribution < 1.29 is 22.9 Å². The van der Waals surface area contributed by atoms with Crippen LogP contribution in [0.15, 0.2) is 18.2 Å². The standard InChI is InChI=1S/C16H19F3N4O3.ClH/c17-16(18,19)12-1-2-13(14(5-12)23(25)26)21-4-3-15(24)22-8-10-6-20-7-11(10)9-22;/h1-2,5,10-11,20-21H,3-4,6-9H2;1H/t10-,11+;. The molecule has 0 radical (unpaired) electrons. The van der Waals surface area contributed by atoms with E-state index in [9.17, 15) is 28.1 Å². The highest BCUT2D eigenvalue weighted by Crippen LogP contribution is 2.35. The molecule has 11 heteroatoms. The summed E-state index contributed by atoms with van der Waals surface area (Å²) in [5.41, 5.74) is -1.77. The zero-order valence-electron chi connectivity index (χ0n) is 14.3. The van der Waals surface area contributed by atoms with E-state index in [1.165, 1.54) is 0 Å². The lowest BCUT2D eigenvalue weighted by Gasteiger charge is -2.18. The molecule has 150 valence electrons. The Morgan fingerprint density at radius 3 is 2.48 bits per heavy atom. The normalized spacial score (nSPS) is 21.5. The van der Waals surface area contributed by atoms with Crippen LogP contribution in [0.2, 0.25) is 0 Å². The van der Waals surface area contributed by atoms with Gasteiger partial charge in [-0.3, -0.25) is 14.9 Å². The summed E-state index contributed by atoms with van der Waals surface area (Å²) in [7, 11) is 0. The van der Waals surface area contributed by atoms with Crippen LogP contribution in [0.3, 0.4) is 0 Å². The Hall–Kier alpha value is -2.07. The fourth-order valence-corrected chi connectivity index (χ4v) is 3.53. The van der Waals surface area contributed by atoms with Crippen LogP contribution >= 0.6 is 12.4 Å². The second-order valence-electron chi connectivity index (χ2n) is 6.64. The summed E-state index contributed by atoms with van der Waals surface area (Å²) in [6.07, 6.45) is -4.52. The first-order valence-corrected chi connectivity index (χ1v) is 8.33. The van der Waals surface area contributed by atoms with Gasteiger partial charge in [-0.25, -0.2) is 0 Å². The highest BCUT2D eigenvalue weighted by molar-refractivity contribution is 5.85. The number of alkyl halides is 3. The Balaban J connectivity index is 0.00000261. The molecule has 1 amide bonds. The molecular weight excluding hydrogens is 389 g/mol. The van der Waals surface area contributed by atoms with Crippen LogP contribution < -0.4 is 10.6 Å². The summed E-state index contributed by atoms with van der Waals surface area (Å²) in [6, 6.07) is 2.31. The Morgan fingerprint density at radius 1 is 1.30 bits per heavy atom. The van der Waals surface area contributed by atoms with Gasteiger partial charge in [-0.05, 0) is 24.0 Å². The van der Waals surface area contributed by atoms with Crippen molar-refractivity contribution in [1.82, 2.24) is 10.2 Å². The van der Waals surface area contributed by atoms with Crippen LogP contribution in [0.4, 0.5) is 24.5 Å². The van der Waals surface area contributed by atoms with Crippen molar-refractivity contribution in [2.75, 3.05) is 38.0 Å². The van der Waals surface area contributed by atoms with Gasteiger partial charge in [0, 0.05) is 45.2 Å². The van der Waals surface area contributed by atoms with E-state index >= 15 is 0 Å². The number of hydrogen-bond donors (Lipinski definition) is 2. The van der Waals surface area contributed by atoms with Crippen molar-refractivity contribution in [2.24, 2.45) is 11.8 Å². The van der Waals surface area contributed by atoms with Gasteiger partial charge in [-0.15, -0.1) is 12.4 Å². The number of anilines is 1. The minimum Gasteiger partial charge on any atom is -0.379 e. The van der Waals surface area contributed by atoms with Crippen molar-refractivity contribution in [3.05, 3.63) is 33.9 Å². The lowest BCUT2D eigenvalue weighted by Crippen LogP contribution is -2.32. The van der Waals surface area contributed by atoms with Crippen molar-refractivity contribution in [2.45, 2.75) is 12.6 Å². The van der Waals surface area contributed by atoms with Gasteiger partial charge < -0.3 is 15.5 Å². The van der Waals surface area contributed by atoms with E-state index in [4.69, 9.17) is 0 Å². The van der Waals surface area contributed by atoms with E-state index in [-0.39, 0.29) is 37.0 Å². The number of carbonyl (C=O) groups excluding carboxylic acids is 1. The zero-order valence-corrected chi connectivity index (χ0v) is 15.1. The minimum absolute atomic E-state index is 0. The molecule has 2 aliphatic heterocycles. The summed E-state index contributed by atoms with van der Waals surface area (Å²) < 4.78 is 38.1. The predicted molar refractivity (Wildman–Crippen MR) is 94.9 cm³/mol. The molecule has 2 aliphatic rings. The second-order valence-corrected chi connectivity index (χ2v) is 6.64. The van der Waals surface area contributed by atoms with E-state index in [1.807, 2.05) is 0 Å².